The van der Waals surface area contributed by atoms with Crippen LogP contribution in [0.3, 0.4) is 0 Å². The predicted octanol–water partition coefficient (Wildman–Crippen LogP) is 2.58. The Morgan fingerprint density at radius 1 is 1.36 bits per heavy atom. The Kier molecular flexibility index (Phi) is 5.55. The van der Waals surface area contributed by atoms with Gasteiger partial charge in [0, 0.05) is 23.9 Å². The molecule has 1 aromatic carbocycles. The molecule has 22 heavy (non-hydrogen) atoms. The van der Waals surface area contributed by atoms with Crippen LogP contribution in [0.2, 0.25) is 5.02 Å². The van der Waals surface area contributed by atoms with Crippen LogP contribution in [0.4, 0.5) is 0 Å². The summed E-state index contributed by atoms with van der Waals surface area (Å²) in [5, 5.41) is 9.08. The average Bonchev–Trinajstić information content (AvgIpc) is 2.50. The number of benzene rings is 1. The molecule has 0 fully saturated rings. The lowest BCUT2D eigenvalue weighted by Gasteiger charge is -2.24. The van der Waals surface area contributed by atoms with E-state index in [4.69, 9.17) is 11.6 Å². The molecule has 118 valence electrons. The molecule has 0 saturated carbocycles. The summed E-state index contributed by atoms with van der Waals surface area (Å²) >= 11 is 5.88. The van der Waals surface area contributed by atoms with E-state index in [0.717, 1.165) is 17.7 Å². The topological polar surface area (TPSA) is 61.8 Å². The monoisotopic (exact) mass is 321 g/mol. The first-order valence-electron chi connectivity index (χ1n) is 7.42. The molecular weight excluding hydrogens is 302 g/mol. The summed E-state index contributed by atoms with van der Waals surface area (Å²) < 4.78 is 0. The first kappa shape index (κ1) is 16.5. The van der Waals surface area contributed by atoms with Crippen LogP contribution >= 0.6 is 11.6 Å². The lowest BCUT2D eigenvalue weighted by atomic mass is 10.0. The molecule has 1 heterocycles. The number of hydrogen-bond donors (Lipinski definition) is 1. The first-order valence-corrected chi connectivity index (χ1v) is 7.80. The lowest BCUT2D eigenvalue weighted by molar-refractivity contribution is -0.136. The van der Waals surface area contributed by atoms with Crippen molar-refractivity contribution in [3.05, 3.63) is 34.9 Å². The molecule has 2 amide bonds. The van der Waals surface area contributed by atoms with Crippen molar-refractivity contribution in [2.45, 2.75) is 39.2 Å². The molecule has 1 atom stereocenters. The summed E-state index contributed by atoms with van der Waals surface area (Å²) in [6.45, 7) is 3.88. The van der Waals surface area contributed by atoms with Crippen molar-refractivity contribution in [3.63, 3.8) is 0 Å². The quantitative estimate of drug-likeness (QED) is 0.906. The Hall–Kier alpha value is -1.88. The fourth-order valence-corrected chi connectivity index (χ4v) is 2.26. The molecule has 2 rings (SSSR count). The van der Waals surface area contributed by atoms with E-state index in [-0.39, 0.29) is 24.4 Å². The number of nitrogens with zero attached hydrogens (tertiary/aromatic N) is 2. The van der Waals surface area contributed by atoms with Crippen LogP contribution in [-0.2, 0) is 9.59 Å². The van der Waals surface area contributed by atoms with Crippen molar-refractivity contribution in [2.75, 3.05) is 6.54 Å². The molecule has 0 radical (unpaired) electrons. The molecule has 0 aliphatic carbocycles. The van der Waals surface area contributed by atoms with Gasteiger partial charge >= 0.3 is 0 Å². The maximum absolute atomic E-state index is 11.9. The second-order valence-electron chi connectivity index (χ2n) is 5.38. The molecule has 0 bridgehead atoms. The van der Waals surface area contributed by atoms with Gasteiger partial charge in [0.2, 0.25) is 11.8 Å². The summed E-state index contributed by atoms with van der Waals surface area (Å²) in [6.07, 6.45) is 1.78. The minimum Gasteiger partial charge on any atom is -0.352 e. The largest absolute Gasteiger partial charge is 0.352 e. The molecule has 1 aliphatic rings. The van der Waals surface area contributed by atoms with Crippen LogP contribution in [0.1, 0.15) is 38.7 Å². The van der Waals surface area contributed by atoms with E-state index in [1.54, 1.807) is 12.1 Å². The van der Waals surface area contributed by atoms with Gasteiger partial charge in [-0.05, 0) is 31.0 Å². The number of nitrogens with one attached hydrogen (secondary N) is 1. The third-order valence-electron chi connectivity index (χ3n) is 3.60. The molecule has 0 unspecified atom stereocenters. The maximum atomic E-state index is 11.9. The van der Waals surface area contributed by atoms with Crippen LogP contribution < -0.4 is 5.32 Å². The van der Waals surface area contributed by atoms with Gasteiger partial charge in [-0.1, -0.05) is 30.7 Å². The van der Waals surface area contributed by atoms with Gasteiger partial charge in [-0.15, -0.1) is 0 Å². The smallest absolute Gasteiger partial charge is 0.243 e. The first-order chi connectivity index (χ1) is 10.5. The third kappa shape index (κ3) is 4.31. The van der Waals surface area contributed by atoms with Gasteiger partial charge in [-0.25, -0.2) is 5.01 Å². The van der Waals surface area contributed by atoms with Gasteiger partial charge < -0.3 is 5.32 Å². The van der Waals surface area contributed by atoms with Gasteiger partial charge in [-0.3, -0.25) is 9.59 Å². The zero-order valence-corrected chi connectivity index (χ0v) is 13.6. The zero-order chi connectivity index (χ0) is 16.1. The van der Waals surface area contributed by atoms with Crippen LogP contribution in [-0.4, -0.2) is 35.1 Å². The van der Waals surface area contributed by atoms with Crippen molar-refractivity contribution < 1.29 is 9.59 Å². The van der Waals surface area contributed by atoms with Gasteiger partial charge in [0.1, 0.15) is 6.54 Å². The SMILES string of the molecule is CC[C@H](C)NC(=O)CN1N=C(c2ccc(Cl)cc2)CCC1=O. The van der Waals surface area contributed by atoms with E-state index >= 15 is 0 Å². The zero-order valence-electron chi connectivity index (χ0n) is 12.8. The van der Waals surface area contributed by atoms with E-state index in [1.807, 2.05) is 26.0 Å². The molecule has 1 N–H and O–H groups in total. The normalized spacial score (nSPS) is 16.2. The highest BCUT2D eigenvalue weighted by Crippen LogP contribution is 2.17. The number of halogens is 1. The molecule has 1 aromatic rings. The van der Waals surface area contributed by atoms with Crippen LogP contribution in [0.25, 0.3) is 0 Å². The highest BCUT2D eigenvalue weighted by molar-refractivity contribution is 6.30. The number of carbonyl (C=O) groups is 2. The highest BCUT2D eigenvalue weighted by atomic mass is 35.5. The van der Waals surface area contributed by atoms with Crippen molar-refractivity contribution in [1.82, 2.24) is 10.3 Å². The molecular formula is C16H20ClN3O2. The number of hydrogen-bond acceptors (Lipinski definition) is 3. The minimum absolute atomic E-state index is 0.0414. The summed E-state index contributed by atoms with van der Waals surface area (Å²) in [4.78, 5) is 23.9. The summed E-state index contributed by atoms with van der Waals surface area (Å²) in [7, 11) is 0. The van der Waals surface area contributed by atoms with E-state index in [9.17, 15) is 9.59 Å². The van der Waals surface area contributed by atoms with E-state index < -0.39 is 0 Å². The summed E-state index contributed by atoms with van der Waals surface area (Å²) in [6, 6.07) is 7.40. The Bertz CT molecular complexity index is 584. The fraction of sp³-hybridized carbons (Fsp3) is 0.438. The Balaban J connectivity index is 2.09. The standard InChI is InChI=1S/C16H20ClN3O2/c1-3-11(2)18-15(21)10-20-16(22)9-8-14(19-20)12-4-6-13(17)7-5-12/h4-7,11H,3,8-10H2,1-2H3,(H,18,21)/t11-/m0/s1. The number of carbonyl (C=O) groups excluding carboxylic acids is 2. The van der Waals surface area contributed by atoms with Gasteiger partial charge in [0.05, 0.1) is 5.71 Å². The average molecular weight is 322 g/mol. The molecule has 0 spiro atoms. The van der Waals surface area contributed by atoms with E-state index in [1.165, 1.54) is 5.01 Å². The highest BCUT2D eigenvalue weighted by Gasteiger charge is 2.23. The number of rotatable bonds is 5. The van der Waals surface area contributed by atoms with E-state index in [0.29, 0.717) is 17.9 Å². The molecule has 1 aliphatic heterocycles. The summed E-state index contributed by atoms with van der Waals surface area (Å²) in [5.74, 6) is -0.319. The maximum Gasteiger partial charge on any atom is 0.243 e. The van der Waals surface area contributed by atoms with Crippen molar-refractivity contribution in [2.24, 2.45) is 5.10 Å². The fourth-order valence-electron chi connectivity index (χ4n) is 2.13. The van der Waals surface area contributed by atoms with Crippen molar-refractivity contribution in [1.29, 1.82) is 0 Å². The Morgan fingerprint density at radius 2 is 2.05 bits per heavy atom. The Morgan fingerprint density at radius 3 is 2.68 bits per heavy atom. The second-order valence-corrected chi connectivity index (χ2v) is 5.82. The number of hydrazone groups is 1. The van der Waals surface area contributed by atoms with Crippen molar-refractivity contribution in [3.8, 4) is 0 Å². The molecule has 0 saturated heterocycles. The number of amides is 2. The summed E-state index contributed by atoms with van der Waals surface area (Å²) in [5.41, 5.74) is 1.72. The van der Waals surface area contributed by atoms with Crippen molar-refractivity contribution >= 4 is 29.1 Å². The minimum atomic E-state index is -0.191. The van der Waals surface area contributed by atoms with Crippen LogP contribution in [0.5, 0.6) is 0 Å². The second kappa shape index (κ2) is 7.40. The molecule has 5 nitrogen and oxygen atoms in total. The Labute approximate surface area is 135 Å². The predicted molar refractivity (Wildman–Crippen MR) is 86.8 cm³/mol. The molecule has 6 heteroatoms. The van der Waals surface area contributed by atoms with Gasteiger partial charge in [0.25, 0.3) is 0 Å². The van der Waals surface area contributed by atoms with Gasteiger partial charge in [-0.2, -0.15) is 5.10 Å². The van der Waals surface area contributed by atoms with Gasteiger partial charge in [0.15, 0.2) is 0 Å². The van der Waals surface area contributed by atoms with E-state index in [2.05, 4.69) is 10.4 Å². The lowest BCUT2D eigenvalue weighted by Crippen LogP contribution is -2.42. The third-order valence-corrected chi connectivity index (χ3v) is 3.85. The van der Waals surface area contributed by atoms with Crippen LogP contribution in [0.15, 0.2) is 29.4 Å². The molecule has 0 aromatic heterocycles. The van der Waals surface area contributed by atoms with Crippen LogP contribution in [0, 0.1) is 0 Å².